The smallest absolute Gasteiger partial charge is 0.328 e. The van der Waals surface area contributed by atoms with Gasteiger partial charge in [-0.1, -0.05) is 18.5 Å². The van der Waals surface area contributed by atoms with E-state index in [9.17, 15) is 19.2 Å². The summed E-state index contributed by atoms with van der Waals surface area (Å²) in [4.78, 5) is 48.5. The van der Waals surface area contributed by atoms with Crippen LogP contribution in [0.25, 0.3) is 0 Å². The van der Waals surface area contributed by atoms with Gasteiger partial charge in [0.2, 0.25) is 0 Å². The maximum atomic E-state index is 12.4. The largest absolute Gasteiger partial charge is 0.468 e. The molecule has 0 unspecified atom stereocenters. The molecule has 1 aromatic carbocycles. The van der Waals surface area contributed by atoms with Crippen LogP contribution in [-0.4, -0.2) is 51.2 Å². The van der Waals surface area contributed by atoms with Crippen molar-refractivity contribution in [1.29, 1.82) is 0 Å². The molecule has 2 atom stereocenters. The summed E-state index contributed by atoms with van der Waals surface area (Å²) < 4.78 is 13.9. The molecule has 0 bridgehead atoms. The summed E-state index contributed by atoms with van der Waals surface area (Å²) >= 11 is 5.78. The first kappa shape index (κ1) is 21.4. The summed E-state index contributed by atoms with van der Waals surface area (Å²) in [6, 6.07) is 4.67. The average molecular weight is 386 g/mol. The molecule has 9 heteroatoms. The Balaban J connectivity index is 3.12. The number of hydrogen-bond donors (Lipinski definition) is 1. The molecule has 0 saturated carbocycles. The molecule has 1 aromatic rings. The van der Waals surface area contributed by atoms with Crippen molar-refractivity contribution < 1.29 is 33.4 Å². The van der Waals surface area contributed by atoms with E-state index in [1.807, 2.05) is 0 Å². The molecule has 0 radical (unpaired) electrons. The van der Waals surface area contributed by atoms with Gasteiger partial charge in [0, 0.05) is 16.5 Å². The second-order valence-corrected chi connectivity index (χ2v) is 5.80. The molecular formula is C17H20ClNO7. The summed E-state index contributed by atoms with van der Waals surface area (Å²) in [5, 5.41) is 2.91. The Morgan fingerprint density at radius 1 is 0.885 bits per heavy atom. The van der Waals surface area contributed by atoms with E-state index in [1.54, 1.807) is 0 Å². The normalized spacial score (nSPS) is 12.7. The number of benzene rings is 1. The highest BCUT2D eigenvalue weighted by Gasteiger charge is 2.42. The third-order valence-corrected chi connectivity index (χ3v) is 4.06. The molecule has 0 aliphatic rings. The third kappa shape index (κ3) is 5.19. The van der Waals surface area contributed by atoms with Crippen LogP contribution >= 0.6 is 11.6 Å². The van der Waals surface area contributed by atoms with Crippen LogP contribution in [0, 0.1) is 11.8 Å². The minimum Gasteiger partial charge on any atom is -0.468 e. The van der Waals surface area contributed by atoms with Gasteiger partial charge < -0.3 is 19.5 Å². The van der Waals surface area contributed by atoms with Gasteiger partial charge in [-0.3, -0.25) is 14.4 Å². The van der Waals surface area contributed by atoms with Crippen LogP contribution in [0.5, 0.6) is 0 Å². The van der Waals surface area contributed by atoms with Crippen LogP contribution in [0.2, 0.25) is 5.02 Å². The Kier molecular flexibility index (Phi) is 8.05. The van der Waals surface area contributed by atoms with Gasteiger partial charge in [-0.2, -0.15) is 0 Å². The Morgan fingerprint density at radius 3 is 1.77 bits per heavy atom. The van der Waals surface area contributed by atoms with Gasteiger partial charge in [-0.25, -0.2) is 4.79 Å². The average Bonchev–Trinajstić information content (AvgIpc) is 2.65. The van der Waals surface area contributed by atoms with Crippen LogP contribution in [0.15, 0.2) is 24.3 Å². The number of halogens is 1. The molecular weight excluding hydrogens is 366 g/mol. The number of ether oxygens (including phenoxy) is 3. The first-order valence-electron chi connectivity index (χ1n) is 7.56. The van der Waals surface area contributed by atoms with Crippen molar-refractivity contribution in [3.8, 4) is 0 Å². The van der Waals surface area contributed by atoms with Gasteiger partial charge in [0.15, 0.2) is 5.92 Å². The fraction of sp³-hybridized carbons (Fsp3) is 0.412. The van der Waals surface area contributed by atoms with Crippen molar-refractivity contribution in [3.05, 3.63) is 34.9 Å². The molecule has 0 aliphatic heterocycles. The van der Waals surface area contributed by atoms with Gasteiger partial charge in [-0.05, 0) is 24.3 Å². The lowest BCUT2D eigenvalue weighted by molar-refractivity contribution is -0.162. The lowest BCUT2D eigenvalue weighted by atomic mass is 9.87. The van der Waals surface area contributed by atoms with Crippen LogP contribution < -0.4 is 5.32 Å². The van der Waals surface area contributed by atoms with E-state index in [0.29, 0.717) is 5.02 Å². The number of rotatable bonds is 7. The quantitative estimate of drug-likeness (QED) is 0.427. The van der Waals surface area contributed by atoms with E-state index >= 15 is 0 Å². The molecule has 0 aliphatic carbocycles. The van der Waals surface area contributed by atoms with E-state index in [1.165, 1.54) is 31.2 Å². The van der Waals surface area contributed by atoms with E-state index < -0.39 is 41.7 Å². The van der Waals surface area contributed by atoms with E-state index in [2.05, 4.69) is 19.5 Å². The Labute approximate surface area is 155 Å². The molecule has 8 nitrogen and oxygen atoms in total. The zero-order valence-electron chi connectivity index (χ0n) is 14.8. The SMILES string of the molecule is COC(=O)C(C(=O)OC)[C@@H](C)[C@H](NC(=O)c1ccc(Cl)cc1)C(=O)OC. The number of esters is 3. The van der Waals surface area contributed by atoms with E-state index in [-0.39, 0.29) is 5.56 Å². The minimum absolute atomic E-state index is 0.239. The summed E-state index contributed by atoms with van der Waals surface area (Å²) in [5.41, 5.74) is 0.239. The number of carbonyl (C=O) groups is 4. The predicted molar refractivity (Wildman–Crippen MR) is 91.4 cm³/mol. The minimum atomic E-state index is -1.42. The molecule has 1 amide bonds. The van der Waals surface area contributed by atoms with Gasteiger partial charge in [0.1, 0.15) is 6.04 Å². The first-order chi connectivity index (χ1) is 12.3. The molecule has 1 N–H and O–H groups in total. The highest BCUT2D eigenvalue weighted by Crippen LogP contribution is 2.21. The Morgan fingerprint density at radius 2 is 1.35 bits per heavy atom. The molecule has 0 spiro atoms. The van der Waals surface area contributed by atoms with Gasteiger partial charge >= 0.3 is 17.9 Å². The maximum absolute atomic E-state index is 12.4. The molecule has 0 saturated heterocycles. The zero-order valence-corrected chi connectivity index (χ0v) is 15.5. The van der Waals surface area contributed by atoms with Gasteiger partial charge in [0.05, 0.1) is 21.3 Å². The predicted octanol–water partition coefficient (Wildman–Crippen LogP) is 1.21. The molecule has 0 heterocycles. The third-order valence-electron chi connectivity index (χ3n) is 3.81. The molecule has 0 aromatic heterocycles. The summed E-state index contributed by atoms with van der Waals surface area (Å²) in [7, 11) is 3.33. The van der Waals surface area contributed by atoms with Crippen LogP contribution in [0.1, 0.15) is 17.3 Å². The Bertz CT molecular complexity index is 658. The number of hydrogen-bond acceptors (Lipinski definition) is 7. The summed E-state index contributed by atoms with van der Waals surface area (Å²) in [5.74, 6) is -5.61. The zero-order chi connectivity index (χ0) is 19.9. The molecule has 1 rings (SSSR count). The fourth-order valence-electron chi connectivity index (χ4n) is 2.33. The van der Waals surface area contributed by atoms with Crippen LogP contribution in [0.4, 0.5) is 0 Å². The number of nitrogens with one attached hydrogen (secondary N) is 1. The number of methoxy groups -OCH3 is 3. The number of carbonyl (C=O) groups excluding carboxylic acids is 4. The van der Waals surface area contributed by atoms with Crippen molar-refractivity contribution in [3.63, 3.8) is 0 Å². The van der Waals surface area contributed by atoms with Gasteiger partial charge in [0.25, 0.3) is 5.91 Å². The van der Waals surface area contributed by atoms with Gasteiger partial charge in [-0.15, -0.1) is 0 Å². The van der Waals surface area contributed by atoms with Crippen LogP contribution in [0.3, 0.4) is 0 Å². The van der Waals surface area contributed by atoms with Crippen molar-refractivity contribution in [2.24, 2.45) is 11.8 Å². The summed E-state index contributed by atoms with van der Waals surface area (Å²) in [6.45, 7) is 1.43. The van der Waals surface area contributed by atoms with Crippen LogP contribution in [-0.2, 0) is 28.6 Å². The second-order valence-electron chi connectivity index (χ2n) is 5.36. The fourth-order valence-corrected chi connectivity index (χ4v) is 2.46. The molecule has 0 fully saturated rings. The first-order valence-corrected chi connectivity index (χ1v) is 7.94. The summed E-state index contributed by atoms with van der Waals surface area (Å²) in [6.07, 6.45) is 0. The highest BCUT2D eigenvalue weighted by atomic mass is 35.5. The van der Waals surface area contributed by atoms with E-state index in [4.69, 9.17) is 11.6 Å². The van der Waals surface area contributed by atoms with E-state index in [0.717, 1.165) is 21.3 Å². The molecule has 26 heavy (non-hydrogen) atoms. The van der Waals surface area contributed by atoms with Crippen molar-refractivity contribution in [1.82, 2.24) is 5.32 Å². The van der Waals surface area contributed by atoms with Crippen molar-refractivity contribution >= 4 is 35.4 Å². The Hall–Kier alpha value is -2.61. The van der Waals surface area contributed by atoms with Crippen molar-refractivity contribution in [2.75, 3.05) is 21.3 Å². The lowest BCUT2D eigenvalue weighted by Gasteiger charge is -2.27. The maximum Gasteiger partial charge on any atom is 0.328 e. The highest BCUT2D eigenvalue weighted by molar-refractivity contribution is 6.30. The monoisotopic (exact) mass is 385 g/mol. The topological polar surface area (TPSA) is 108 Å². The molecule has 142 valence electrons. The van der Waals surface area contributed by atoms with Crippen molar-refractivity contribution in [2.45, 2.75) is 13.0 Å². The standard InChI is InChI=1S/C17H20ClNO7/c1-9(12(15(21)24-2)16(22)25-3)13(17(23)26-4)19-14(20)10-5-7-11(18)8-6-10/h5-9,12-13H,1-4H3,(H,19,20)/t9-,13+/m1/s1. The number of amides is 1. The second kappa shape index (κ2) is 9.76. The lowest BCUT2D eigenvalue weighted by Crippen LogP contribution is -2.51.